The number of benzene rings is 2. The molecular weight excluding hydrogens is 276 g/mol. The number of rotatable bonds is 2. The van der Waals surface area contributed by atoms with E-state index in [0.717, 1.165) is 10.9 Å². The van der Waals surface area contributed by atoms with Crippen molar-refractivity contribution in [1.29, 1.82) is 0 Å². The second kappa shape index (κ2) is 4.86. The first-order valence-corrected chi connectivity index (χ1v) is 6.32. The summed E-state index contributed by atoms with van der Waals surface area (Å²) in [5.74, 6) is -0.309. The normalized spacial score (nSPS) is 10.7. The Morgan fingerprint density at radius 1 is 1.25 bits per heavy atom. The third-order valence-corrected chi connectivity index (χ3v) is 3.43. The Balaban J connectivity index is 1.97. The molecule has 100 valence electrons. The van der Waals surface area contributed by atoms with Crippen LogP contribution >= 0.6 is 11.6 Å². The molecule has 20 heavy (non-hydrogen) atoms. The van der Waals surface area contributed by atoms with Crippen LogP contribution in [0.25, 0.3) is 10.9 Å². The molecule has 3 rings (SSSR count). The maximum Gasteiger partial charge on any atom is 0.257 e. The van der Waals surface area contributed by atoms with Gasteiger partial charge in [0.25, 0.3) is 5.91 Å². The maximum atomic E-state index is 12.3. The molecule has 6 heteroatoms. The van der Waals surface area contributed by atoms with Crippen LogP contribution in [0.4, 0.5) is 11.4 Å². The summed E-state index contributed by atoms with van der Waals surface area (Å²) < 4.78 is 0. The van der Waals surface area contributed by atoms with Crippen molar-refractivity contribution in [2.45, 2.75) is 0 Å². The van der Waals surface area contributed by atoms with Crippen molar-refractivity contribution in [1.82, 2.24) is 10.2 Å². The number of aromatic nitrogens is 2. The Kier molecular flexibility index (Phi) is 3.04. The maximum absolute atomic E-state index is 12.3. The van der Waals surface area contributed by atoms with Gasteiger partial charge in [0.1, 0.15) is 0 Å². The van der Waals surface area contributed by atoms with E-state index in [0.29, 0.717) is 16.9 Å². The molecule has 5 nitrogen and oxygen atoms in total. The fraction of sp³-hybridized carbons (Fsp3) is 0. The molecule has 0 unspecified atom stereocenters. The van der Waals surface area contributed by atoms with Gasteiger partial charge < -0.3 is 11.1 Å². The number of nitrogens with one attached hydrogen (secondary N) is 2. The van der Waals surface area contributed by atoms with Crippen molar-refractivity contribution >= 4 is 39.8 Å². The van der Waals surface area contributed by atoms with E-state index in [9.17, 15) is 4.79 Å². The Bertz CT molecular complexity index is 797. The van der Waals surface area contributed by atoms with Gasteiger partial charge in [-0.05, 0) is 24.3 Å². The Hall–Kier alpha value is -2.53. The summed E-state index contributed by atoms with van der Waals surface area (Å²) in [6.07, 6.45) is 1.66. The van der Waals surface area contributed by atoms with Gasteiger partial charge in [-0.3, -0.25) is 9.89 Å². The second-order valence-corrected chi connectivity index (χ2v) is 4.68. The topological polar surface area (TPSA) is 83.8 Å². The molecule has 3 aromatic rings. The van der Waals surface area contributed by atoms with E-state index >= 15 is 0 Å². The van der Waals surface area contributed by atoms with Gasteiger partial charge in [0, 0.05) is 5.39 Å². The minimum absolute atomic E-state index is 0.254. The summed E-state index contributed by atoms with van der Waals surface area (Å²) in [6, 6.07) is 10.5. The minimum atomic E-state index is -0.309. The zero-order chi connectivity index (χ0) is 14.1. The van der Waals surface area contributed by atoms with Gasteiger partial charge in [-0.25, -0.2) is 0 Å². The van der Waals surface area contributed by atoms with Crippen LogP contribution in [-0.2, 0) is 0 Å². The lowest BCUT2D eigenvalue weighted by molar-refractivity contribution is 0.102. The average Bonchev–Trinajstić information content (AvgIpc) is 2.91. The highest BCUT2D eigenvalue weighted by Gasteiger charge is 2.13. The van der Waals surface area contributed by atoms with E-state index in [1.54, 1.807) is 30.5 Å². The van der Waals surface area contributed by atoms with Gasteiger partial charge in [-0.2, -0.15) is 5.10 Å². The van der Waals surface area contributed by atoms with E-state index in [-0.39, 0.29) is 10.9 Å². The van der Waals surface area contributed by atoms with Crippen molar-refractivity contribution in [3.05, 3.63) is 53.2 Å². The molecule has 0 aliphatic heterocycles. The first kappa shape index (κ1) is 12.5. The van der Waals surface area contributed by atoms with Gasteiger partial charge in [0.2, 0.25) is 0 Å². The number of H-pyrrole nitrogens is 1. The van der Waals surface area contributed by atoms with Gasteiger partial charge in [0.15, 0.2) is 0 Å². The molecule has 4 N–H and O–H groups in total. The lowest BCUT2D eigenvalue weighted by atomic mass is 10.1. The molecule has 0 saturated carbocycles. The lowest BCUT2D eigenvalue weighted by Gasteiger charge is -2.08. The third-order valence-electron chi connectivity index (χ3n) is 3.01. The highest BCUT2D eigenvalue weighted by Crippen LogP contribution is 2.26. The molecule has 2 aromatic carbocycles. The second-order valence-electron chi connectivity index (χ2n) is 4.30. The van der Waals surface area contributed by atoms with E-state index in [1.807, 2.05) is 12.1 Å². The number of fused-ring (bicyclic) bond motifs is 1. The molecule has 0 saturated heterocycles. The van der Waals surface area contributed by atoms with E-state index in [2.05, 4.69) is 15.5 Å². The summed E-state index contributed by atoms with van der Waals surface area (Å²) in [7, 11) is 0. The third kappa shape index (κ3) is 2.08. The smallest absolute Gasteiger partial charge is 0.257 e. The zero-order valence-electron chi connectivity index (χ0n) is 10.4. The first-order valence-electron chi connectivity index (χ1n) is 5.94. The molecule has 0 spiro atoms. The van der Waals surface area contributed by atoms with E-state index < -0.39 is 0 Å². The number of carbonyl (C=O) groups is 1. The van der Waals surface area contributed by atoms with Gasteiger partial charge in [-0.1, -0.05) is 23.7 Å². The number of amides is 1. The first-order chi connectivity index (χ1) is 9.66. The van der Waals surface area contributed by atoms with Crippen LogP contribution in [0.2, 0.25) is 5.02 Å². The molecule has 0 radical (unpaired) electrons. The van der Waals surface area contributed by atoms with Crippen LogP contribution in [0.3, 0.4) is 0 Å². The summed E-state index contributed by atoms with van der Waals surface area (Å²) >= 11 is 6.05. The highest BCUT2D eigenvalue weighted by atomic mass is 35.5. The number of aromatic amines is 1. The van der Waals surface area contributed by atoms with Gasteiger partial charge in [0.05, 0.1) is 33.7 Å². The summed E-state index contributed by atoms with van der Waals surface area (Å²) in [5, 5.41) is 10.7. The van der Waals surface area contributed by atoms with Crippen molar-refractivity contribution in [3.8, 4) is 0 Å². The number of nitrogens with two attached hydrogens (primary N) is 1. The summed E-state index contributed by atoms with van der Waals surface area (Å²) in [5.41, 5.74) is 7.93. The van der Waals surface area contributed by atoms with Crippen LogP contribution in [0.1, 0.15) is 10.4 Å². The summed E-state index contributed by atoms with van der Waals surface area (Å²) in [6.45, 7) is 0. The van der Waals surface area contributed by atoms with Crippen LogP contribution in [0.5, 0.6) is 0 Å². The highest BCUT2D eigenvalue weighted by molar-refractivity contribution is 6.36. The average molecular weight is 287 g/mol. The molecule has 1 aromatic heterocycles. The van der Waals surface area contributed by atoms with Gasteiger partial charge >= 0.3 is 0 Å². The zero-order valence-corrected chi connectivity index (χ0v) is 11.1. The van der Waals surface area contributed by atoms with Crippen LogP contribution in [-0.4, -0.2) is 16.1 Å². The number of hydrogen-bond acceptors (Lipinski definition) is 3. The summed E-state index contributed by atoms with van der Waals surface area (Å²) in [4.78, 5) is 12.3. The fourth-order valence-corrected chi connectivity index (χ4v) is 2.20. The number of anilines is 2. The van der Waals surface area contributed by atoms with Crippen LogP contribution in [0, 0.1) is 0 Å². The van der Waals surface area contributed by atoms with Crippen molar-refractivity contribution in [2.75, 3.05) is 11.1 Å². The lowest BCUT2D eigenvalue weighted by Crippen LogP contribution is -2.13. The minimum Gasteiger partial charge on any atom is -0.398 e. The number of hydrogen-bond donors (Lipinski definition) is 3. The molecule has 0 bridgehead atoms. The Morgan fingerprint density at radius 2 is 2.05 bits per heavy atom. The number of halogens is 1. The molecular formula is C14H11ClN4O. The van der Waals surface area contributed by atoms with Crippen LogP contribution < -0.4 is 11.1 Å². The van der Waals surface area contributed by atoms with Crippen molar-refractivity contribution in [2.24, 2.45) is 0 Å². The fourth-order valence-electron chi connectivity index (χ4n) is 1.99. The predicted octanol–water partition coefficient (Wildman–Crippen LogP) is 3.05. The number of nitrogen functional groups attached to an aromatic ring is 1. The van der Waals surface area contributed by atoms with Crippen LogP contribution in [0.15, 0.2) is 42.6 Å². The Labute approximate surface area is 119 Å². The standard InChI is InChI=1S/C14H11ClN4O/c15-13-8(3-1-4-10(13)16)14(20)18-11-5-2-6-12-9(11)7-17-19-12/h1-7H,16H2,(H,17,19)(H,18,20). The van der Waals surface area contributed by atoms with Crippen molar-refractivity contribution < 1.29 is 4.79 Å². The molecule has 1 heterocycles. The monoisotopic (exact) mass is 286 g/mol. The van der Waals surface area contributed by atoms with Gasteiger partial charge in [-0.15, -0.1) is 0 Å². The Morgan fingerprint density at radius 3 is 2.90 bits per heavy atom. The SMILES string of the molecule is Nc1cccc(C(=O)Nc2cccc3[nH]ncc23)c1Cl. The number of carbonyl (C=O) groups excluding carboxylic acids is 1. The van der Waals surface area contributed by atoms with E-state index in [4.69, 9.17) is 17.3 Å². The molecule has 0 aliphatic rings. The van der Waals surface area contributed by atoms with Crippen molar-refractivity contribution in [3.63, 3.8) is 0 Å². The largest absolute Gasteiger partial charge is 0.398 e. The predicted molar refractivity (Wildman–Crippen MR) is 79.9 cm³/mol. The van der Waals surface area contributed by atoms with E-state index in [1.165, 1.54) is 0 Å². The quantitative estimate of drug-likeness (QED) is 0.633. The molecule has 0 atom stereocenters. The molecule has 0 aliphatic carbocycles. The molecule has 0 fully saturated rings. The molecule has 1 amide bonds. The number of nitrogens with zero attached hydrogens (tertiary/aromatic N) is 1.